The molecule has 2 atom stereocenters. The number of nitrogens with one attached hydrogen (secondary N) is 1. The number of likely N-dealkylation sites (tertiary alicyclic amines) is 1. The number of aryl methyl sites for hydroxylation is 1. The lowest BCUT2D eigenvalue weighted by Gasteiger charge is -2.43. The molecule has 8 rings (SSSR count). The predicted molar refractivity (Wildman–Crippen MR) is 233 cm³/mol. The van der Waals surface area contributed by atoms with E-state index in [1.165, 1.54) is 4.90 Å². The number of piperidine rings is 2. The molecule has 3 saturated heterocycles. The summed E-state index contributed by atoms with van der Waals surface area (Å²) in [5.41, 5.74) is 6.84. The van der Waals surface area contributed by atoms with Crippen LogP contribution in [0.25, 0.3) is 0 Å². The summed E-state index contributed by atoms with van der Waals surface area (Å²) in [6.45, 7) is 12.1. The Kier molecular flexibility index (Phi) is 12.2. The number of carbonyl (C=O) groups is 3. The highest BCUT2D eigenvalue weighted by atomic mass is 19.1. The lowest BCUT2D eigenvalue weighted by molar-refractivity contribution is -0.129. The maximum Gasteiger partial charge on any atom is 0.410 e. The van der Waals surface area contributed by atoms with Gasteiger partial charge in [0, 0.05) is 74.4 Å². The third kappa shape index (κ3) is 9.59. The van der Waals surface area contributed by atoms with Crippen molar-refractivity contribution in [1.82, 2.24) is 24.7 Å². The second-order valence-corrected chi connectivity index (χ2v) is 17.7. The number of aromatic nitrogens is 2. The highest BCUT2D eigenvalue weighted by Crippen LogP contribution is 2.35. The first kappa shape index (κ1) is 42.0. The van der Waals surface area contributed by atoms with E-state index in [1.807, 2.05) is 88.5 Å². The molecule has 5 heterocycles. The number of amides is 4. The average Bonchev–Trinajstić information content (AvgIpc) is 3.25. The molecule has 0 saturated carbocycles. The maximum atomic E-state index is 15.9. The number of methoxy groups -OCH3 is 1. The van der Waals surface area contributed by atoms with Crippen LogP contribution in [0.15, 0.2) is 72.9 Å². The van der Waals surface area contributed by atoms with Gasteiger partial charge in [-0.1, -0.05) is 24.3 Å². The van der Waals surface area contributed by atoms with Crippen molar-refractivity contribution in [2.75, 3.05) is 61.5 Å². The molecule has 4 aromatic rings. The number of nitrogens with zero attached hydrogens (tertiary/aromatic N) is 7. The van der Waals surface area contributed by atoms with E-state index < -0.39 is 11.8 Å². The van der Waals surface area contributed by atoms with Crippen molar-refractivity contribution >= 4 is 41.0 Å². The third-order valence-corrected chi connectivity index (χ3v) is 12.4. The number of rotatable bonds is 9. The van der Waals surface area contributed by atoms with Crippen LogP contribution in [-0.2, 0) is 29.0 Å². The Morgan fingerprint density at radius 2 is 1.67 bits per heavy atom. The summed E-state index contributed by atoms with van der Waals surface area (Å²) >= 11 is 0. The Morgan fingerprint density at radius 3 is 2.36 bits per heavy atom. The number of hydrogen-bond acceptors (Lipinski definition) is 10. The van der Waals surface area contributed by atoms with Gasteiger partial charge in [-0.2, -0.15) is 0 Å². The van der Waals surface area contributed by atoms with Crippen molar-refractivity contribution in [3.8, 4) is 5.75 Å². The molecule has 4 amide bonds. The molecule has 1 aromatic heterocycles. The second kappa shape index (κ2) is 17.7. The fourth-order valence-electron chi connectivity index (χ4n) is 9.04. The van der Waals surface area contributed by atoms with Crippen LogP contribution >= 0.6 is 0 Å². The molecule has 2 unspecified atom stereocenters. The van der Waals surface area contributed by atoms with Gasteiger partial charge in [0.1, 0.15) is 17.5 Å². The van der Waals surface area contributed by atoms with E-state index in [2.05, 4.69) is 32.2 Å². The Labute approximate surface area is 357 Å². The van der Waals surface area contributed by atoms with E-state index in [1.54, 1.807) is 16.9 Å². The van der Waals surface area contributed by atoms with Gasteiger partial charge in [0.05, 0.1) is 25.9 Å². The molecule has 4 aliphatic rings. The molecule has 0 aliphatic carbocycles. The van der Waals surface area contributed by atoms with Crippen LogP contribution in [0.3, 0.4) is 0 Å². The van der Waals surface area contributed by atoms with Gasteiger partial charge in [0.25, 0.3) is 0 Å². The van der Waals surface area contributed by atoms with Crippen LogP contribution in [0.2, 0.25) is 0 Å². The monoisotopic (exact) mass is 832 g/mol. The Balaban J connectivity index is 0.814. The molecule has 14 heteroatoms. The predicted octanol–water partition coefficient (Wildman–Crippen LogP) is 7.99. The first-order valence-electron chi connectivity index (χ1n) is 21.5. The summed E-state index contributed by atoms with van der Waals surface area (Å²) in [6, 6.07) is 21.6. The molecule has 1 N–H and O–H groups in total. The quantitative estimate of drug-likeness (QED) is 0.178. The van der Waals surface area contributed by atoms with E-state index in [4.69, 9.17) is 14.5 Å². The van der Waals surface area contributed by atoms with Gasteiger partial charge in [0.2, 0.25) is 11.9 Å². The van der Waals surface area contributed by atoms with Crippen LogP contribution in [0.1, 0.15) is 80.3 Å². The number of carbonyl (C=O) groups excluding carboxylic acids is 3. The van der Waals surface area contributed by atoms with Crippen LogP contribution in [0.4, 0.5) is 37.0 Å². The van der Waals surface area contributed by atoms with Crippen molar-refractivity contribution in [1.29, 1.82) is 0 Å². The van der Waals surface area contributed by atoms with Crippen LogP contribution in [0, 0.1) is 6.92 Å². The van der Waals surface area contributed by atoms with Crippen molar-refractivity contribution < 1.29 is 28.2 Å². The standard InChI is InChI=1S/C47H57FN8O5/c1-31-26-37(12-15-42(31)55-25-20-43(57)56(45(55)58)28-32-6-13-38(60-5)14-7-32)52-22-17-36(18-23-52)53-24-19-39(40(48)29-53)33-8-10-35(11-9-33)50-44-49-27-34-16-21-54(30-41(34)51-44)46(59)61-47(2,3)4/h6-15,26-27,36,39-40H,16-25,28-30H2,1-5H3,(H,49,50,51). The average molecular weight is 833 g/mol. The molecule has 0 bridgehead atoms. The summed E-state index contributed by atoms with van der Waals surface area (Å²) in [5, 5.41) is 3.28. The molecule has 0 spiro atoms. The number of alkyl halides is 1. The number of anilines is 4. The van der Waals surface area contributed by atoms with Crippen molar-refractivity contribution in [3.05, 3.63) is 101 Å². The first-order valence-corrected chi connectivity index (χ1v) is 21.5. The van der Waals surface area contributed by atoms with Gasteiger partial charge in [-0.05, 0) is 125 Å². The minimum Gasteiger partial charge on any atom is -0.497 e. The number of halogens is 1. The van der Waals surface area contributed by atoms with E-state index >= 15 is 4.39 Å². The van der Waals surface area contributed by atoms with E-state index in [9.17, 15) is 14.4 Å². The maximum absolute atomic E-state index is 15.9. The number of hydrogen-bond donors (Lipinski definition) is 1. The zero-order valence-corrected chi connectivity index (χ0v) is 35.9. The fourth-order valence-corrected chi connectivity index (χ4v) is 9.04. The minimum absolute atomic E-state index is 0.162. The third-order valence-electron chi connectivity index (χ3n) is 12.4. The molecular weight excluding hydrogens is 776 g/mol. The molecule has 3 fully saturated rings. The number of benzene rings is 3. The molecule has 61 heavy (non-hydrogen) atoms. The lowest BCUT2D eigenvalue weighted by Crippen LogP contribution is -2.52. The van der Waals surface area contributed by atoms with E-state index in [0.29, 0.717) is 44.6 Å². The second-order valence-electron chi connectivity index (χ2n) is 17.7. The SMILES string of the molecule is COc1ccc(CN2C(=O)CCN(c3ccc(N4CCC(N5CCC(c6ccc(Nc7ncc8c(n7)CN(C(=O)OC(C)(C)C)CC8)cc6)C(F)C5)CC4)cc3C)C2=O)cc1. The fraction of sp³-hybridized carbons (Fsp3) is 0.468. The van der Waals surface area contributed by atoms with Gasteiger partial charge >= 0.3 is 12.1 Å². The molecule has 4 aliphatic heterocycles. The highest BCUT2D eigenvalue weighted by Gasteiger charge is 2.36. The van der Waals surface area contributed by atoms with Crippen LogP contribution in [-0.4, -0.2) is 107 Å². The Morgan fingerprint density at radius 1 is 0.918 bits per heavy atom. The Bertz CT molecular complexity index is 2220. The topological polar surface area (TPSA) is 124 Å². The molecule has 3 aromatic carbocycles. The molecule has 0 radical (unpaired) electrons. The smallest absolute Gasteiger partial charge is 0.410 e. The van der Waals surface area contributed by atoms with E-state index in [-0.39, 0.29) is 36.9 Å². The number of fused-ring (bicyclic) bond motifs is 1. The van der Waals surface area contributed by atoms with Crippen LogP contribution in [0.5, 0.6) is 5.75 Å². The summed E-state index contributed by atoms with van der Waals surface area (Å²) in [7, 11) is 1.61. The molecule has 322 valence electrons. The van der Waals surface area contributed by atoms with Crippen LogP contribution < -0.4 is 19.9 Å². The highest BCUT2D eigenvalue weighted by molar-refractivity contribution is 6.06. The summed E-state index contributed by atoms with van der Waals surface area (Å²) in [5.74, 6) is 0.842. The van der Waals surface area contributed by atoms with Crippen molar-refractivity contribution in [2.45, 2.75) is 96.6 Å². The lowest BCUT2D eigenvalue weighted by atomic mass is 9.86. The van der Waals surface area contributed by atoms with Crippen molar-refractivity contribution in [2.24, 2.45) is 0 Å². The first-order chi connectivity index (χ1) is 29.3. The summed E-state index contributed by atoms with van der Waals surface area (Å²) in [4.78, 5) is 57.8. The van der Waals surface area contributed by atoms with Gasteiger partial charge in [-0.15, -0.1) is 0 Å². The normalized spacial score (nSPS) is 20.4. The number of imide groups is 1. The van der Waals surface area contributed by atoms with Gasteiger partial charge in [0.15, 0.2) is 0 Å². The van der Waals surface area contributed by atoms with Gasteiger partial charge < -0.3 is 24.6 Å². The van der Waals surface area contributed by atoms with Gasteiger partial charge in [-0.25, -0.2) is 23.9 Å². The summed E-state index contributed by atoms with van der Waals surface area (Å²) in [6.07, 6.45) is 4.12. The molecule has 13 nitrogen and oxygen atoms in total. The van der Waals surface area contributed by atoms with Gasteiger partial charge in [-0.3, -0.25) is 19.5 Å². The number of ether oxygens (including phenoxy) is 2. The largest absolute Gasteiger partial charge is 0.497 e. The zero-order valence-electron chi connectivity index (χ0n) is 35.9. The zero-order chi connectivity index (χ0) is 42.8. The number of urea groups is 1. The minimum atomic E-state index is -0.961. The Hall–Kier alpha value is -5.76. The van der Waals surface area contributed by atoms with E-state index in [0.717, 1.165) is 89.7 Å². The summed E-state index contributed by atoms with van der Waals surface area (Å²) < 4.78 is 26.7. The molecular formula is C47H57FN8O5. The van der Waals surface area contributed by atoms with Crippen molar-refractivity contribution in [3.63, 3.8) is 0 Å².